The molecule has 2 N–H and O–H groups in total. The molecule has 0 unspecified atom stereocenters. The van der Waals surface area contributed by atoms with E-state index in [1.54, 1.807) is 12.4 Å². The molecular weight excluding hydrogens is 382 g/mol. The molecule has 8 heteroatoms. The standard InChI is InChI=1S/C21H19N7S/c1-15-13-24-21(23-9-11-28-10-5-8-25-28)27-19(15)17(12-22)20-26-18(14-29-20)16-6-3-2-4-7-16/h2-8,10,13-14,26H,9,11H2,1H3,(H,23,24,27). The Kier molecular flexibility index (Phi) is 5.59. The van der Waals surface area contributed by atoms with Gasteiger partial charge in [0.1, 0.15) is 11.6 Å². The molecule has 0 saturated heterocycles. The molecule has 3 heterocycles. The zero-order valence-electron chi connectivity index (χ0n) is 15.8. The average molecular weight is 401 g/mol. The van der Waals surface area contributed by atoms with Crippen molar-refractivity contribution in [2.24, 2.45) is 0 Å². The largest absolute Gasteiger partial charge is 0.352 e. The van der Waals surface area contributed by atoms with E-state index < -0.39 is 0 Å². The van der Waals surface area contributed by atoms with Crippen LogP contribution >= 0.6 is 11.8 Å². The van der Waals surface area contributed by atoms with Crippen molar-refractivity contribution in [3.8, 4) is 6.07 Å². The number of nitriles is 1. The molecule has 4 rings (SSSR count). The summed E-state index contributed by atoms with van der Waals surface area (Å²) in [6, 6.07) is 14.2. The minimum Gasteiger partial charge on any atom is -0.352 e. The fourth-order valence-corrected chi connectivity index (χ4v) is 3.74. The van der Waals surface area contributed by atoms with Gasteiger partial charge in [0, 0.05) is 30.5 Å². The predicted octanol–water partition coefficient (Wildman–Crippen LogP) is 3.62. The maximum absolute atomic E-state index is 9.84. The van der Waals surface area contributed by atoms with Gasteiger partial charge in [-0.15, -0.1) is 0 Å². The molecule has 1 aliphatic heterocycles. The number of hydrogen-bond donors (Lipinski definition) is 2. The van der Waals surface area contributed by atoms with Crippen LogP contribution < -0.4 is 10.6 Å². The van der Waals surface area contributed by atoms with Gasteiger partial charge in [0.05, 0.1) is 23.0 Å². The van der Waals surface area contributed by atoms with E-state index in [2.05, 4.69) is 31.8 Å². The lowest BCUT2D eigenvalue weighted by Gasteiger charge is -2.11. The Morgan fingerprint density at radius 2 is 2.14 bits per heavy atom. The summed E-state index contributed by atoms with van der Waals surface area (Å²) >= 11 is 1.50. The minimum absolute atomic E-state index is 0.491. The van der Waals surface area contributed by atoms with Crippen molar-refractivity contribution in [3.05, 3.63) is 82.2 Å². The van der Waals surface area contributed by atoms with Gasteiger partial charge in [-0.2, -0.15) is 10.4 Å². The van der Waals surface area contributed by atoms with Crippen molar-refractivity contribution in [2.45, 2.75) is 13.5 Å². The highest BCUT2D eigenvalue weighted by Crippen LogP contribution is 2.35. The van der Waals surface area contributed by atoms with Crippen molar-refractivity contribution in [2.75, 3.05) is 11.9 Å². The van der Waals surface area contributed by atoms with Crippen LogP contribution in [0, 0.1) is 18.3 Å². The van der Waals surface area contributed by atoms with Crippen LogP contribution in [0.3, 0.4) is 0 Å². The molecule has 0 fully saturated rings. The van der Waals surface area contributed by atoms with Crippen LogP contribution in [0.15, 0.2) is 65.4 Å². The zero-order chi connectivity index (χ0) is 20.1. The van der Waals surface area contributed by atoms with E-state index in [0.717, 1.165) is 21.9 Å². The molecule has 1 aliphatic rings. The Morgan fingerprint density at radius 1 is 1.28 bits per heavy atom. The van der Waals surface area contributed by atoms with Gasteiger partial charge in [-0.1, -0.05) is 42.1 Å². The number of aromatic nitrogens is 4. The lowest BCUT2D eigenvalue weighted by molar-refractivity contribution is 0.636. The van der Waals surface area contributed by atoms with Crippen molar-refractivity contribution in [1.29, 1.82) is 5.26 Å². The van der Waals surface area contributed by atoms with E-state index in [9.17, 15) is 5.26 Å². The molecule has 0 spiro atoms. The maximum atomic E-state index is 9.84. The number of aryl methyl sites for hydroxylation is 1. The van der Waals surface area contributed by atoms with Crippen LogP contribution in [0.5, 0.6) is 0 Å². The molecule has 29 heavy (non-hydrogen) atoms. The molecule has 2 aromatic heterocycles. The Balaban J connectivity index is 1.53. The summed E-state index contributed by atoms with van der Waals surface area (Å²) in [6.07, 6.45) is 5.39. The number of hydrogen-bond acceptors (Lipinski definition) is 7. The fraction of sp³-hybridized carbons (Fsp3) is 0.143. The van der Waals surface area contributed by atoms with E-state index >= 15 is 0 Å². The quantitative estimate of drug-likeness (QED) is 0.610. The van der Waals surface area contributed by atoms with E-state index in [1.807, 2.05) is 59.6 Å². The van der Waals surface area contributed by atoms with Gasteiger partial charge in [-0.25, -0.2) is 9.97 Å². The van der Waals surface area contributed by atoms with Gasteiger partial charge in [0.15, 0.2) is 0 Å². The summed E-state index contributed by atoms with van der Waals surface area (Å²) in [5.41, 5.74) is 4.03. The number of nitrogens with zero attached hydrogens (tertiary/aromatic N) is 5. The third-order valence-corrected chi connectivity index (χ3v) is 5.25. The molecule has 0 amide bonds. The van der Waals surface area contributed by atoms with Gasteiger partial charge in [-0.05, 0) is 24.1 Å². The summed E-state index contributed by atoms with van der Waals surface area (Å²) in [6.45, 7) is 3.24. The van der Waals surface area contributed by atoms with Crippen molar-refractivity contribution < 1.29 is 0 Å². The van der Waals surface area contributed by atoms with Crippen molar-refractivity contribution in [3.63, 3.8) is 0 Å². The van der Waals surface area contributed by atoms with Crippen molar-refractivity contribution >= 4 is 29.0 Å². The highest BCUT2D eigenvalue weighted by molar-refractivity contribution is 8.06. The molecular formula is C21H19N7S. The predicted molar refractivity (Wildman–Crippen MR) is 115 cm³/mol. The SMILES string of the molecule is Cc1cnc(NCCn2cccn2)nc1C(C#N)=C1NC(c2ccccc2)=CS1. The maximum Gasteiger partial charge on any atom is 0.223 e. The number of rotatable bonds is 6. The Labute approximate surface area is 173 Å². The highest BCUT2D eigenvalue weighted by Gasteiger charge is 2.20. The minimum atomic E-state index is 0.491. The molecule has 0 aliphatic carbocycles. The van der Waals surface area contributed by atoms with Gasteiger partial charge in [-0.3, -0.25) is 4.68 Å². The van der Waals surface area contributed by atoms with Crippen LogP contribution in [0.2, 0.25) is 0 Å². The number of benzene rings is 1. The van der Waals surface area contributed by atoms with Crippen LogP contribution in [0.1, 0.15) is 16.8 Å². The summed E-state index contributed by atoms with van der Waals surface area (Å²) in [7, 11) is 0. The summed E-state index contributed by atoms with van der Waals surface area (Å²) in [5.74, 6) is 0.491. The second kappa shape index (κ2) is 8.63. The summed E-state index contributed by atoms with van der Waals surface area (Å²) < 4.78 is 1.83. The normalized spacial score (nSPS) is 14.7. The van der Waals surface area contributed by atoms with Crippen LogP contribution in [0.4, 0.5) is 5.95 Å². The second-order valence-electron chi connectivity index (χ2n) is 6.38. The third kappa shape index (κ3) is 4.31. The molecule has 0 bridgehead atoms. The fourth-order valence-electron chi connectivity index (χ4n) is 2.88. The number of thioether (sulfide) groups is 1. The molecule has 7 nitrogen and oxygen atoms in total. The Hall–Kier alpha value is -3.57. The zero-order valence-corrected chi connectivity index (χ0v) is 16.6. The molecule has 0 radical (unpaired) electrons. The Morgan fingerprint density at radius 3 is 2.90 bits per heavy atom. The molecule has 0 saturated carbocycles. The van der Waals surface area contributed by atoms with Gasteiger partial charge < -0.3 is 10.6 Å². The van der Waals surface area contributed by atoms with Gasteiger partial charge >= 0.3 is 0 Å². The lowest BCUT2D eigenvalue weighted by Crippen LogP contribution is -2.14. The molecule has 144 valence electrons. The lowest BCUT2D eigenvalue weighted by atomic mass is 10.1. The Bertz CT molecular complexity index is 1100. The first kappa shape index (κ1) is 18.8. The van der Waals surface area contributed by atoms with Gasteiger partial charge in [0.2, 0.25) is 5.95 Å². The number of nitrogens with one attached hydrogen (secondary N) is 2. The third-order valence-electron chi connectivity index (χ3n) is 4.36. The van der Waals surface area contributed by atoms with Crippen LogP contribution in [0.25, 0.3) is 11.3 Å². The first-order valence-corrected chi connectivity index (χ1v) is 10.0. The van der Waals surface area contributed by atoms with E-state index in [1.165, 1.54) is 11.8 Å². The molecule has 0 atom stereocenters. The first-order chi connectivity index (χ1) is 14.2. The summed E-state index contributed by atoms with van der Waals surface area (Å²) in [4.78, 5) is 8.94. The topological polar surface area (TPSA) is 91.5 Å². The van der Waals surface area contributed by atoms with Crippen molar-refractivity contribution in [1.82, 2.24) is 25.1 Å². The smallest absolute Gasteiger partial charge is 0.223 e. The number of allylic oxidation sites excluding steroid dienone is 1. The van der Waals surface area contributed by atoms with E-state index in [4.69, 9.17) is 0 Å². The average Bonchev–Trinajstić information content (AvgIpc) is 3.44. The highest BCUT2D eigenvalue weighted by atomic mass is 32.2. The van der Waals surface area contributed by atoms with E-state index in [0.29, 0.717) is 30.3 Å². The van der Waals surface area contributed by atoms with Crippen LogP contribution in [-0.2, 0) is 6.54 Å². The second-order valence-corrected chi connectivity index (χ2v) is 7.26. The number of anilines is 1. The van der Waals surface area contributed by atoms with Crippen LogP contribution in [-0.4, -0.2) is 26.3 Å². The monoisotopic (exact) mass is 401 g/mol. The van der Waals surface area contributed by atoms with Gasteiger partial charge in [0.25, 0.3) is 0 Å². The first-order valence-electron chi connectivity index (χ1n) is 9.13. The molecule has 3 aromatic rings. The van der Waals surface area contributed by atoms with E-state index in [-0.39, 0.29) is 0 Å². The summed E-state index contributed by atoms with van der Waals surface area (Å²) in [5, 5.41) is 23.4. The molecule has 1 aromatic carbocycles.